The Labute approximate surface area is 130 Å². The Morgan fingerprint density at radius 2 is 1.80 bits per heavy atom. The van der Waals surface area contributed by atoms with E-state index in [1.54, 1.807) is 4.68 Å². The predicted molar refractivity (Wildman–Crippen MR) is 85.8 cm³/mol. The van der Waals surface area contributed by atoms with Crippen molar-refractivity contribution >= 4 is 23.2 Å². The minimum atomic E-state index is 0.375. The van der Waals surface area contributed by atoms with Crippen LogP contribution in [0.3, 0.4) is 0 Å². The van der Waals surface area contributed by atoms with Gasteiger partial charge in [0.15, 0.2) is 0 Å². The summed E-state index contributed by atoms with van der Waals surface area (Å²) in [7, 11) is 1.87. The summed E-state index contributed by atoms with van der Waals surface area (Å²) in [6.07, 6.45) is 1.84. The van der Waals surface area contributed by atoms with Crippen molar-refractivity contribution in [1.29, 1.82) is 0 Å². The number of alkyl halides is 1. The van der Waals surface area contributed by atoms with E-state index in [-0.39, 0.29) is 0 Å². The summed E-state index contributed by atoms with van der Waals surface area (Å²) < 4.78 is 1.73. The number of hydrogen-bond acceptors (Lipinski definition) is 1. The second kappa shape index (κ2) is 6.64. The Bertz CT molecular complexity index is 573. The van der Waals surface area contributed by atoms with E-state index < -0.39 is 0 Å². The van der Waals surface area contributed by atoms with Crippen LogP contribution in [-0.4, -0.2) is 15.7 Å². The van der Waals surface area contributed by atoms with Gasteiger partial charge in [0, 0.05) is 18.5 Å². The maximum Gasteiger partial charge on any atom is 0.130 e. The van der Waals surface area contributed by atoms with Crippen LogP contribution in [0.2, 0.25) is 5.15 Å². The van der Waals surface area contributed by atoms with Gasteiger partial charge in [0.25, 0.3) is 0 Å². The highest BCUT2D eigenvalue weighted by Crippen LogP contribution is 2.24. The highest BCUT2D eigenvalue weighted by Gasteiger charge is 2.17. The molecule has 2 aromatic rings. The molecule has 0 bridgehead atoms. The van der Waals surface area contributed by atoms with Crippen LogP contribution in [0, 0.1) is 19.8 Å². The zero-order valence-electron chi connectivity index (χ0n) is 12.2. The maximum absolute atomic E-state index is 6.30. The molecule has 4 heteroatoms. The van der Waals surface area contributed by atoms with Crippen molar-refractivity contribution < 1.29 is 0 Å². The summed E-state index contributed by atoms with van der Waals surface area (Å²) in [6, 6.07) is 8.63. The molecule has 1 aromatic heterocycles. The van der Waals surface area contributed by atoms with E-state index in [1.807, 2.05) is 14.0 Å². The van der Waals surface area contributed by atoms with Crippen molar-refractivity contribution in [2.45, 2.75) is 26.7 Å². The third kappa shape index (κ3) is 3.56. The Kier molecular flexibility index (Phi) is 5.11. The topological polar surface area (TPSA) is 17.8 Å². The highest BCUT2D eigenvalue weighted by molar-refractivity contribution is 6.30. The molecule has 108 valence electrons. The molecule has 0 aliphatic rings. The first-order chi connectivity index (χ1) is 9.51. The fourth-order valence-electron chi connectivity index (χ4n) is 2.43. The zero-order chi connectivity index (χ0) is 14.7. The van der Waals surface area contributed by atoms with Gasteiger partial charge in [-0.1, -0.05) is 41.4 Å². The van der Waals surface area contributed by atoms with Crippen LogP contribution in [0.15, 0.2) is 24.3 Å². The molecular weight excluding hydrogens is 291 g/mol. The van der Waals surface area contributed by atoms with E-state index >= 15 is 0 Å². The lowest BCUT2D eigenvalue weighted by Crippen LogP contribution is -2.11. The van der Waals surface area contributed by atoms with Gasteiger partial charge in [0.2, 0.25) is 0 Å². The Morgan fingerprint density at radius 1 is 1.15 bits per heavy atom. The molecule has 1 unspecified atom stereocenters. The van der Waals surface area contributed by atoms with E-state index in [2.05, 4.69) is 36.3 Å². The maximum atomic E-state index is 6.30. The molecule has 1 heterocycles. The standard InChI is InChI=1S/C16H20Cl2N2/c1-11-4-6-13(7-5-11)8-14(10-17)9-15-12(2)19-20(3)16(15)18/h4-7,14H,8-10H2,1-3H3. The highest BCUT2D eigenvalue weighted by atomic mass is 35.5. The molecule has 1 aromatic carbocycles. The van der Waals surface area contributed by atoms with Crippen LogP contribution in [-0.2, 0) is 19.9 Å². The van der Waals surface area contributed by atoms with Crippen molar-refractivity contribution in [1.82, 2.24) is 9.78 Å². The lowest BCUT2D eigenvalue weighted by Gasteiger charge is -2.14. The molecule has 0 radical (unpaired) electrons. The third-order valence-corrected chi connectivity index (χ3v) is 4.54. The summed E-state index contributed by atoms with van der Waals surface area (Å²) in [5, 5.41) is 5.08. The van der Waals surface area contributed by atoms with Crippen molar-refractivity contribution in [2.75, 3.05) is 5.88 Å². The molecule has 0 spiro atoms. The summed E-state index contributed by atoms with van der Waals surface area (Å²) >= 11 is 12.4. The quantitative estimate of drug-likeness (QED) is 0.752. The van der Waals surface area contributed by atoms with Crippen LogP contribution in [0.25, 0.3) is 0 Å². The summed E-state index contributed by atoms with van der Waals surface area (Å²) in [6.45, 7) is 4.10. The number of nitrogens with zero attached hydrogens (tertiary/aromatic N) is 2. The van der Waals surface area contributed by atoms with Gasteiger partial charge in [-0.2, -0.15) is 5.10 Å². The van der Waals surface area contributed by atoms with Crippen LogP contribution in [0.1, 0.15) is 22.4 Å². The molecule has 0 aliphatic carbocycles. The van der Waals surface area contributed by atoms with Gasteiger partial charge in [-0.05, 0) is 38.2 Å². The van der Waals surface area contributed by atoms with Gasteiger partial charge in [0.1, 0.15) is 5.15 Å². The van der Waals surface area contributed by atoms with Gasteiger partial charge < -0.3 is 0 Å². The molecule has 0 saturated carbocycles. The van der Waals surface area contributed by atoms with Crippen molar-refractivity contribution in [3.05, 3.63) is 51.8 Å². The molecule has 2 nitrogen and oxygen atoms in total. The lowest BCUT2D eigenvalue weighted by atomic mass is 9.94. The normalized spacial score (nSPS) is 12.7. The van der Waals surface area contributed by atoms with Crippen molar-refractivity contribution in [2.24, 2.45) is 13.0 Å². The summed E-state index contributed by atoms with van der Waals surface area (Å²) in [5.41, 5.74) is 4.71. The average molecular weight is 311 g/mol. The molecule has 0 amide bonds. The number of aryl methyl sites for hydroxylation is 3. The molecule has 0 aliphatic heterocycles. The van der Waals surface area contributed by atoms with Gasteiger partial charge >= 0.3 is 0 Å². The first-order valence-electron chi connectivity index (χ1n) is 6.80. The van der Waals surface area contributed by atoms with E-state index in [0.29, 0.717) is 11.8 Å². The molecule has 0 N–H and O–H groups in total. The molecular formula is C16H20Cl2N2. The van der Waals surface area contributed by atoms with Crippen molar-refractivity contribution in [3.63, 3.8) is 0 Å². The van der Waals surface area contributed by atoms with E-state index in [0.717, 1.165) is 29.3 Å². The van der Waals surface area contributed by atoms with Gasteiger partial charge in [-0.3, -0.25) is 4.68 Å². The molecule has 2 rings (SSSR count). The molecule has 0 fully saturated rings. The van der Waals surface area contributed by atoms with E-state index in [1.165, 1.54) is 11.1 Å². The SMILES string of the molecule is Cc1ccc(CC(CCl)Cc2c(C)nn(C)c2Cl)cc1. The Hall–Kier alpha value is -0.990. The minimum Gasteiger partial charge on any atom is -0.257 e. The number of benzene rings is 1. The second-order valence-electron chi connectivity index (χ2n) is 5.39. The third-order valence-electron chi connectivity index (χ3n) is 3.63. The minimum absolute atomic E-state index is 0.375. The van der Waals surface area contributed by atoms with Crippen molar-refractivity contribution in [3.8, 4) is 0 Å². The predicted octanol–water partition coefficient (Wildman–Crippen LogP) is 4.33. The van der Waals surface area contributed by atoms with E-state index in [9.17, 15) is 0 Å². The number of hydrogen-bond donors (Lipinski definition) is 0. The smallest absolute Gasteiger partial charge is 0.130 e. The molecule has 0 saturated heterocycles. The Balaban J connectivity index is 2.11. The zero-order valence-corrected chi connectivity index (χ0v) is 13.7. The summed E-state index contributed by atoms with van der Waals surface area (Å²) in [5.74, 6) is 0.998. The van der Waals surface area contributed by atoms with Crippen LogP contribution >= 0.6 is 23.2 Å². The van der Waals surface area contributed by atoms with Crippen LogP contribution in [0.5, 0.6) is 0 Å². The first kappa shape index (κ1) is 15.4. The number of halogens is 2. The van der Waals surface area contributed by atoms with Crippen LogP contribution in [0.4, 0.5) is 0 Å². The fraction of sp³-hybridized carbons (Fsp3) is 0.438. The monoisotopic (exact) mass is 310 g/mol. The molecule has 1 atom stereocenters. The number of rotatable bonds is 5. The molecule has 20 heavy (non-hydrogen) atoms. The van der Waals surface area contributed by atoms with Gasteiger partial charge in [0.05, 0.1) is 5.69 Å². The summed E-state index contributed by atoms with van der Waals surface area (Å²) in [4.78, 5) is 0. The second-order valence-corrected chi connectivity index (χ2v) is 6.06. The van der Waals surface area contributed by atoms with Crippen LogP contribution < -0.4 is 0 Å². The van der Waals surface area contributed by atoms with E-state index in [4.69, 9.17) is 23.2 Å². The first-order valence-corrected chi connectivity index (χ1v) is 7.72. The fourth-order valence-corrected chi connectivity index (χ4v) is 2.90. The average Bonchev–Trinajstić information content (AvgIpc) is 2.66. The number of aromatic nitrogens is 2. The Morgan fingerprint density at radius 3 is 2.30 bits per heavy atom. The largest absolute Gasteiger partial charge is 0.257 e. The van der Waals surface area contributed by atoms with Gasteiger partial charge in [-0.15, -0.1) is 11.6 Å². The lowest BCUT2D eigenvalue weighted by molar-refractivity contribution is 0.582. The van der Waals surface area contributed by atoms with Gasteiger partial charge in [-0.25, -0.2) is 0 Å².